The molecule has 2 aliphatic rings. The van der Waals surface area contributed by atoms with Crippen molar-refractivity contribution < 1.29 is 9.59 Å². The quantitative estimate of drug-likeness (QED) is 0.753. The zero-order valence-electron chi connectivity index (χ0n) is 19.3. The van der Waals surface area contributed by atoms with Gasteiger partial charge in [-0.2, -0.15) is 0 Å². The molecule has 32 heavy (non-hydrogen) atoms. The number of nitrogens with one attached hydrogen (secondary N) is 2. The summed E-state index contributed by atoms with van der Waals surface area (Å²) < 4.78 is 0. The molecule has 0 saturated carbocycles. The Kier molecular flexibility index (Phi) is 5.63. The molecule has 1 aromatic carbocycles. The van der Waals surface area contributed by atoms with Crippen molar-refractivity contribution in [1.29, 1.82) is 0 Å². The third-order valence-corrected chi connectivity index (χ3v) is 6.13. The van der Waals surface area contributed by atoms with Gasteiger partial charge in [0.2, 0.25) is 0 Å². The molecule has 2 N–H and O–H groups in total. The van der Waals surface area contributed by atoms with Crippen LogP contribution in [0.3, 0.4) is 0 Å². The van der Waals surface area contributed by atoms with Crippen LogP contribution in [-0.4, -0.2) is 30.8 Å². The first-order chi connectivity index (χ1) is 15.2. The number of dihydropyridines is 1. The number of allylic oxidation sites excluding steroid dienone is 3. The van der Waals surface area contributed by atoms with Crippen LogP contribution in [0.1, 0.15) is 45.1 Å². The number of nitrogens with zero attached hydrogens (tertiary/aromatic N) is 2. The molecule has 6 nitrogen and oxygen atoms in total. The SMILES string of the molecule is CC1=C(C(=O)Nc2ccccn2)C(c2ccc(N(C)C)cc2)C2=C(CC(C)(C)CC2=O)N1. The van der Waals surface area contributed by atoms with Gasteiger partial charge in [-0.25, -0.2) is 4.98 Å². The largest absolute Gasteiger partial charge is 0.378 e. The summed E-state index contributed by atoms with van der Waals surface area (Å²) in [6.45, 7) is 6.13. The topological polar surface area (TPSA) is 74.3 Å². The molecule has 1 aromatic heterocycles. The lowest BCUT2D eigenvalue weighted by molar-refractivity contribution is -0.118. The van der Waals surface area contributed by atoms with Gasteiger partial charge < -0.3 is 15.5 Å². The van der Waals surface area contributed by atoms with Gasteiger partial charge in [0.05, 0.1) is 0 Å². The minimum atomic E-state index is -0.422. The van der Waals surface area contributed by atoms with Gasteiger partial charge in [0.25, 0.3) is 5.91 Å². The van der Waals surface area contributed by atoms with Gasteiger partial charge >= 0.3 is 0 Å². The van der Waals surface area contributed by atoms with E-state index in [4.69, 9.17) is 0 Å². The average Bonchev–Trinajstić information content (AvgIpc) is 2.72. The van der Waals surface area contributed by atoms with E-state index in [9.17, 15) is 9.59 Å². The lowest BCUT2D eigenvalue weighted by Crippen LogP contribution is -2.39. The van der Waals surface area contributed by atoms with Crippen LogP contribution in [-0.2, 0) is 9.59 Å². The summed E-state index contributed by atoms with van der Waals surface area (Å²) in [6, 6.07) is 13.5. The zero-order valence-corrected chi connectivity index (χ0v) is 19.3. The molecule has 0 radical (unpaired) electrons. The Morgan fingerprint density at radius 1 is 1.12 bits per heavy atom. The van der Waals surface area contributed by atoms with Crippen molar-refractivity contribution in [3.8, 4) is 0 Å². The molecule has 0 fully saturated rings. The number of Topliss-reactive ketones (excluding diaryl/α,β-unsaturated/α-hetero) is 1. The van der Waals surface area contributed by atoms with E-state index in [1.54, 1.807) is 18.3 Å². The number of ketones is 1. The fourth-order valence-corrected chi connectivity index (χ4v) is 4.66. The molecule has 1 aliphatic carbocycles. The van der Waals surface area contributed by atoms with E-state index in [0.717, 1.165) is 29.1 Å². The van der Waals surface area contributed by atoms with Crippen LogP contribution in [0.25, 0.3) is 0 Å². The third kappa shape index (κ3) is 4.17. The van der Waals surface area contributed by atoms with E-state index < -0.39 is 5.92 Å². The number of pyridine rings is 1. The fourth-order valence-electron chi connectivity index (χ4n) is 4.66. The second-order valence-corrected chi connectivity index (χ2v) is 9.58. The first kappa shape index (κ1) is 21.8. The predicted molar refractivity (Wildman–Crippen MR) is 127 cm³/mol. The second kappa shape index (κ2) is 8.26. The van der Waals surface area contributed by atoms with Crippen molar-refractivity contribution in [3.05, 3.63) is 76.8 Å². The van der Waals surface area contributed by atoms with Crippen LogP contribution in [0.15, 0.2) is 71.2 Å². The Morgan fingerprint density at radius 3 is 2.47 bits per heavy atom. The van der Waals surface area contributed by atoms with Gasteiger partial charge in [-0.05, 0) is 48.6 Å². The molecule has 2 aromatic rings. The highest BCUT2D eigenvalue weighted by molar-refractivity contribution is 6.09. The Morgan fingerprint density at radius 2 is 1.84 bits per heavy atom. The van der Waals surface area contributed by atoms with Crippen molar-refractivity contribution >= 4 is 23.2 Å². The van der Waals surface area contributed by atoms with Crippen LogP contribution in [0.2, 0.25) is 0 Å². The molecule has 2 heterocycles. The number of carbonyl (C=O) groups excluding carboxylic acids is 2. The van der Waals surface area contributed by atoms with Crippen LogP contribution < -0.4 is 15.5 Å². The maximum absolute atomic E-state index is 13.5. The summed E-state index contributed by atoms with van der Waals surface area (Å²) in [5, 5.41) is 6.31. The molecule has 0 saturated heterocycles. The molecule has 1 amide bonds. The van der Waals surface area contributed by atoms with Crippen molar-refractivity contribution in [2.24, 2.45) is 5.41 Å². The van der Waals surface area contributed by atoms with E-state index in [-0.39, 0.29) is 17.1 Å². The average molecular weight is 431 g/mol. The van der Waals surface area contributed by atoms with Crippen LogP contribution in [0.5, 0.6) is 0 Å². The summed E-state index contributed by atoms with van der Waals surface area (Å²) >= 11 is 0. The van der Waals surface area contributed by atoms with Crippen LogP contribution in [0, 0.1) is 5.41 Å². The van der Waals surface area contributed by atoms with E-state index in [2.05, 4.69) is 29.5 Å². The van der Waals surface area contributed by atoms with Crippen molar-refractivity contribution in [3.63, 3.8) is 0 Å². The van der Waals surface area contributed by atoms with E-state index in [1.165, 1.54) is 0 Å². The number of benzene rings is 1. The van der Waals surface area contributed by atoms with Crippen LogP contribution >= 0.6 is 0 Å². The van der Waals surface area contributed by atoms with E-state index in [0.29, 0.717) is 23.4 Å². The van der Waals surface area contributed by atoms with Crippen molar-refractivity contribution in [2.45, 2.75) is 39.5 Å². The number of anilines is 2. The first-order valence-corrected chi connectivity index (χ1v) is 10.9. The molecule has 1 atom stereocenters. The monoisotopic (exact) mass is 430 g/mol. The van der Waals surface area contributed by atoms with Gasteiger partial charge in [-0.15, -0.1) is 0 Å². The molecule has 1 unspecified atom stereocenters. The normalized spacial score (nSPS) is 19.9. The second-order valence-electron chi connectivity index (χ2n) is 9.58. The first-order valence-electron chi connectivity index (χ1n) is 10.9. The van der Waals surface area contributed by atoms with Gasteiger partial charge in [-0.1, -0.05) is 32.0 Å². The number of rotatable bonds is 4. The van der Waals surface area contributed by atoms with Gasteiger partial charge in [0.1, 0.15) is 5.82 Å². The smallest absolute Gasteiger partial charge is 0.255 e. The molecular weight excluding hydrogens is 400 g/mol. The highest BCUT2D eigenvalue weighted by Crippen LogP contribution is 2.46. The summed E-state index contributed by atoms with van der Waals surface area (Å²) in [5.41, 5.74) is 4.84. The minimum absolute atomic E-state index is 0.0982. The van der Waals surface area contributed by atoms with E-state index >= 15 is 0 Å². The molecule has 166 valence electrons. The van der Waals surface area contributed by atoms with E-state index in [1.807, 2.05) is 56.3 Å². The number of aromatic nitrogens is 1. The molecule has 1 aliphatic heterocycles. The predicted octanol–water partition coefficient (Wildman–Crippen LogP) is 4.39. The molecule has 0 bridgehead atoms. The van der Waals surface area contributed by atoms with Gasteiger partial charge in [0.15, 0.2) is 5.78 Å². The Labute approximate surface area is 189 Å². The third-order valence-electron chi connectivity index (χ3n) is 6.13. The van der Waals surface area contributed by atoms with Crippen molar-refractivity contribution in [1.82, 2.24) is 10.3 Å². The molecule has 6 heteroatoms. The lowest BCUT2D eigenvalue weighted by atomic mass is 9.68. The minimum Gasteiger partial charge on any atom is -0.378 e. The molecular formula is C26H30N4O2. The Balaban J connectivity index is 1.80. The standard InChI is InChI=1S/C26H30N4O2/c1-16-22(25(32)29-21-8-6-7-13-27-21)23(17-9-11-18(12-10-17)30(4)5)24-19(28-16)14-26(2,3)15-20(24)31/h6-13,23,28H,14-15H2,1-5H3,(H,27,29,32). The van der Waals surface area contributed by atoms with Gasteiger partial charge in [-0.3, -0.25) is 9.59 Å². The number of hydrogen-bond acceptors (Lipinski definition) is 5. The summed E-state index contributed by atoms with van der Waals surface area (Å²) in [4.78, 5) is 33.1. The molecule has 4 rings (SSSR count). The maximum atomic E-state index is 13.5. The zero-order chi connectivity index (χ0) is 23.0. The summed E-state index contributed by atoms with van der Waals surface area (Å²) in [7, 11) is 3.98. The highest BCUT2D eigenvalue weighted by atomic mass is 16.2. The Bertz CT molecular complexity index is 1110. The number of amides is 1. The van der Waals surface area contributed by atoms with Gasteiger partial charge in [0, 0.05) is 60.9 Å². The number of carbonyl (C=O) groups is 2. The summed E-state index contributed by atoms with van der Waals surface area (Å²) in [6.07, 6.45) is 2.88. The highest BCUT2D eigenvalue weighted by Gasteiger charge is 2.42. The molecule has 0 spiro atoms. The van der Waals surface area contributed by atoms with Crippen molar-refractivity contribution in [2.75, 3.05) is 24.3 Å². The summed E-state index contributed by atoms with van der Waals surface area (Å²) in [5.74, 6) is -0.0918. The maximum Gasteiger partial charge on any atom is 0.255 e. The Hall–Kier alpha value is -3.41. The number of hydrogen-bond donors (Lipinski definition) is 2. The van der Waals surface area contributed by atoms with Crippen LogP contribution in [0.4, 0.5) is 11.5 Å². The fraction of sp³-hybridized carbons (Fsp3) is 0.346. The lowest BCUT2D eigenvalue weighted by Gasteiger charge is -2.39.